The number of benzene rings is 1. The number of ether oxygens (including phenoxy) is 2. The van der Waals surface area contributed by atoms with Crippen LogP contribution in [0.1, 0.15) is 61.2 Å². The van der Waals surface area contributed by atoms with Crippen molar-refractivity contribution in [3.8, 4) is 11.3 Å². The average Bonchev–Trinajstić information content (AvgIpc) is 3.08. The normalized spacial score (nSPS) is 21.6. The van der Waals surface area contributed by atoms with Crippen LogP contribution in [0.4, 0.5) is 11.6 Å². The van der Waals surface area contributed by atoms with Gasteiger partial charge in [-0.3, -0.25) is 14.3 Å². The zero-order valence-corrected chi connectivity index (χ0v) is 26.2. The van der Waals surface area contributed by atoms with Gasteiger partial charge in [-0.25, -0.2) is 15.0 Å². The van der Waals surface area contributed by atoms with Gasteiger partial charge in [0, 0.05) is 56.3 Å². The number of likely N-dealkylation sites (tertiary alicyclic amines) is 1. The van der Waals surface area contributed by atoms with E-state index in [1.54, 1.807) is 6.20 Å². The quantitative estimate of drug-likeness (QED) is 0.309. The van der Waals surface area contributed by atoms with Crippen LogP contribution in [0.2, 0.25) is 0 Å². The molecule has 3 saturated heterocycles. The first-order valence-electron chi connectivity index (χ1n) is 16.3. The Balaban J connectivity index is 1.25. The van der Waals surface area contributed by atoms with Gasteiger partial charge in [0.05, 0.1) is 30.0 Å². The Morgan fingerprint density at radius 3 is 2.64 bits per heavy atom. The molecule has 45 heavy (non-hydrogen) atoms. The summed E-state index contributed by atoms with van der Waals surface area (Å²) in [6, 6.07) is 10.2. The smallest absolute Gasteiger partial charge is 0.261 e. The van der Waals surface area contributed by atoms with Crippen molar-refractivity contribution >= 4 is 22.7 Å². The number of nitrogens with one attached hydrogen (secondary N) is 2. The molecule has 3 aromatic heterocycles. The molecule has 0 aliphatic carbocycles. The molecule has 0 amide bonds. The Labute approximate surface area is 263 Å². The summed E-state index contributed by atoms with van der Waals surface area (Å²) in [5.74, 6) is 1.55. The lowest BCUT2D eigenvalue weighted by atomic mass is 9.99. The summed E-state index contributed by atoms with van der Waals surface area (Å²) in [6.45, 7) is 7.38. The fraction of sp³-hybridized carbons (Fsp3) is 0.500. The molecule has 11 nitrogen and oxygen atoms in total. The highest BCUT2D eigenvalue weighted by Gasteiger charge is 2.26. The van der Waals surface area contributed by atoms with Gasteiger partial charge in [-0.2, -0.15) is 4.98 Å². The van der Waals surface area contributed by atoms with Crippen molar-refractivity contribution in [1.29, 1.82) is 0 Å². The van der Waals surface area contributed by atoms with Crippen molar-refractivity contribution in [2.75, 3.05) is 51.8 Å². The van der Waals surface area contributed by atoms with E-state index in [1.807, 2.05) is 35.9 Å². The second-order valence-corrected chi connectivity index (χ2v) is 12.6. The van der Waals surface area contributed by atoms with Gasteiger partial charge in [0.1, 0.15) is 11.5 Å². The number of fused-ring (bicyclic) bond motifs is 1. The fourth-order valence-electron chi connectivity index (χ4n) is 6.73. The van der Waals surface area contributed by atoms with Crippen molar-refractivity contribution in [3.05, 3.63) is 70.0 Å². The summed E-state index contributed by atoms with van der Waals surface area (Å²) in [5, 5.41) is 7.52. The number of anilines is 2. The van der Waals surface area contributed by atoms with Crippen molar-refractivity contribution < 1.29 is 9.47 Å². The molecule has 2 atom stereocenters. The maximum Gasteiger partial charge on any atom is 0.261 e. The molecule has 0 bridgehead atoms. The van der Waals surface area contributed by atoms with Crippen LogP contribution in [0.25, 0.3) is 22.3 Å². The van der Waals surface area contributed by atoms with E-state index in [2.05, 4.69) is 39.7 Å². The van der Waals surface area contributed by atoms with Gasteiger partial charge in [0.15, 0.2) is 0 Å². The SMILES string of the molecule is Cc1cnc(C2CCCCN2C)nc1-c1cc2cnc(Nc3ccc(C4CNCCO4)cc3)nc2n(CC2CCOCC2)c1=O. The summed E-state index contributed by atoms with van der Waals surface area (Å²) < 4.78 is 13.3. The van der Waals surface area contributed by atoms with Crippen LogP contribution in [0, 0.1) is 12.8 Å². The lowest BCUT2D eigenvalue weighted by Gasteiger charge is -2.31. The summed E-state index contributed by atoms with van der Waals surface area (Å²) in [7, 11) is 2.13. The lowest BCUT2D eigenvalue weighted by molar-refractivity contribution is 0.0277. The Kier molecular flexibility index (Phi) is 8.84. The summed E-state index contributed by atoms with van der Waals surface area (Å²) in [5.41, 5.74) is 4.65. The largest absolute Gasteiger partial charge is 0.381 e. The number of aromatic nitrogens is 5. The first kappa shape index (κ1) is 29.9. The Morgan fingerprint density at radius 2 is 1.87 bits per heavy atom. The molecule has 3 aliphatic rings. The molecular formula is C34H42N8O3. The first-order valence-corrected chi connectivity index (χ1v) is 16.3. The fourth-order valence-corrected chi connectivity index (χ4v) is 6.73. The molecular weight excluding hydrogens is 568 g/mol. The number of morpholine rings is 1. The van der Waals surface area contributed by atoms with Crippen LogP contribution in [-0.2, 0) is 16.0 Å². The molecule has 2 unspecified atom stereocenters. The van der Waals surface area contributed by atoms with E-state index in [-0.39, 0.29) is 17.7 Å². The molecule has 0 radical (unpaired) electrons. The zero-order valence-electron chi connectivity index (χ0n) is 26.2. The highest BCUT2D eigenvalue weighted by Crippen LogP contribution is 2.30. The number of hydrogen-bond acceptors (Lipinski definition) is 10. The maximum atomic E-state index is 14.4. The van der Waals surface area contributed by atoms with E-state index < -0.39 is 0 Å². The van der Waals surface area contributed by atoms with Crippen LogP contribution in [0.3, 0.4) is 0 Å². The van der Waals surface area contributed by atoms with Gasteiger partial charge in [0.25, 0.3) is 5.56 Å². The van der Waals surface area contributed by atoms with Gasteiger partial charge >= 0.3 is 0 Å². The first-order chi connectivity index (χ1) is 22.0. The second kappa shape index (κ2) is 13.3. The molecule has 1 aromatic carbocycles. The van der Waals surface area contributed by atoms with Crippen molar-refractivity contribution in [2.45, 2.75) is 57.7 Å². The molecule has 3 aliphatic heterocycles. The van der Waals surface area contributed by atoms with Crippen molar-refractivity contribution in [2.24, 2.45) is 5.92 Å². The third-order valence-corrected chi connectivity index (χ3v) is 9.39. The number of nitrogens with zero attached hydrogens (tertiary/aromatic N) is 6. The molecule has 236 valence electrons. The van der Waals surface area contributed by atoms with Crippen LogP contribution < -0.4 is 16.2 Å². The molecule has 7 rings (SSSR count). The molecule has 2 N–H and O–H groups in total. The van der Waals surface area contributed by atoms with Gasteiger partial charge in [0.2, 0.25) is 5.95 Å². The van der Waals surface area contributed by atoms with Gasteiger partial charge in [-0.15, -0.1) is 0 Å². The molecule has 11 heteroatoms. The average molecular weight is 611 g/mol. The molecule has 6 heterocycles. The molecule has 3 fully saturated rings. The Morgan fingerprint density at radius 1 is 1.02 bits per heavy atom. The number of hydrogen-bond donors (Lipinski definition) is 2. The van der Waals surface area contributed by atoms with Gasteiger partial charge < -0.3 is 20.1 Å². The lowest BCUT2D eigenvalue weighted by Crippen LogP contribution is -2.33. The minimum atomic E-state index is -0.0890. The maximum absolute atomic E-state index is 14.4. The molecule has 0 spiro atoms. The van der Waals surface area contributed by atoms with Crippen LogP contribution in [-0.4, -0.2) is 75.9 Å². The summed E-state index contributed by atoms with van der Waals surface area (Å²) in [6.07, 6.45) is 8.88. The Bertz CT molecular complexity index is 1700. The number of rotatable bonds is 7. The van der Waals surface area contributed by atoms with Gasteiger partial charge in [-0.1, -0.05) is 18.6 Å². The zero-order chi connectivity index (χ0) is 30.8. The highest BCUT2D eigenvalue weighted by atomic mass is 16.5. The van der Waals surface area contributed by atoms with Crippen LogP contribution >= 0.6 is 0 Å². The van der Waals surface area contributed by atoms with E-state index in [4.69, 9.17) is 24.4 Å². The van der Waals surface area contributed by atoms with Gasteiger partial charge in [-0.05, 0) is 81.4 Å². The number of aryl methyl sites for hydroxylation is 1. The predicted octanol–water partition coefficient (Wildman–Crippen LogP) is 4.54. The number of pyridine rings is 1. The predicted molar refractivity (Wildman–Crippen MR) is 174 cm³/mol. The van der Waals surface area contributed by atoms with E-state index in [0.717, 1.165) is 73.3 Å². The standard InChI is InChI=1S/C34H42N8O3/c1-22-18-36-31(28-5-3-4-13-41(28)2)39-30(22)27-17-25-19-37-34(38-26-8-6-24(7-9-26)29-20-35-12-16-45-29)40-32(25)42(33(27)43)21-23-10-14-44-15-11-23/h6-9,17-19,23,28-29,35H,3-5,10-16,20-21H2,1-2H3,(H,37,38,40). The second-order valence-electron chi connectivity index (χ2n) is 12.6. The van der Waals surface area contributed by atoms with E-state index in [0.29, 0.717) is 55.1 Å². The van der Waals surface area contributed by atoms with E-state index in [1.165, 1.54) is 6.42 Å². The molecule has 0 saturated carbocycles. The van der Waals surface area contributed by atoms with Crippen molar-refractivity contribution in [3.63, 3.8) is 0 Å². The van der Waals surface area contributed by atoms with Crippen molar-refractivity contribution in [1.82, 2.24) is 34.7 Å². The monoisotopic (exact) mass is 610 g/mol. The summed E-state index contributed by atoms with van der Waals surface area (Å²) in [4.78, 5) is 36.0. The molecule has 4 aromatic rings. The van der Waals surface area contributed by atoms with Crippen LogP contribution in [0.5, 0.6) is 0 Å². The minimum absolute atomic E-state index is 0.0525. The van der Waals surface area contributed by atoms with E-state index >= 15 is 0 Å². The van der Waals surface area contributed by atoms with E-state index in [9.17, 15) is 4.79 Å². The van der Waals surface area contributed by atoms with Crippen LogP contribution in [0.15, 0.2) is 47.5 Å². The summed E-state index contributed by atoms with van der Waals surface area (Å²) >= 11 is 0. The third-order valence-electron chi connectivity index (χ3n) is 9.39. The highest BCUT2D eigenvalue weighted by molar-refractivity contribution is 5.81. The topological polar surface area (TPSA) is 119 Å². The third kappa shape index (κ3) is 6.48. The Hall–Kier alpha value is -3.77. The number of piperidine rings is 1. The minimum Gasteiger partial charge on any atom is -0.381 e.